The number of rotatable bonds is 2. The van der Waals surface area contributed by atoms with Crippen LogP contribution >= 0.6 is 22.9 Å². The highest BCUT2D eigenvalue weighted by Gasteiger charge is 2.29. The molecule has 0 spiro atoms. The van der Waals surface area contributed by atoms with Crippen molar-refractivity contribution in [3.8, 4) is 0 Å². The Bertz CT molecular complexity index is 1240. The van der Waals surface area contributed by atoms with Crippen LogP contribution in [0.15, 0.2) is 30.5 Å². The maximum absolute atomic E-state index is 13.3. The van der Waals surface area contributed by atoms with Crippen molar-refractivity contribution in [1.29, 1.82) is 0 Å². The zero-order valence-electron chi connectivity index (χ0n) is 16.7. The monoisotopic (exact) mass is 429 g/mol. The third-order valence-corrected chi connectivity index (χ3v) is 5.51. The van der Waals surface area contributed by atoms with Gasteiger partial charge in [-0.1, -0.05) is 11.6 Å². The zero-order chi connectivity index (χ0) is 20.9. The molecule has 4 aromatic rings. The number of ether oxygens (including phenoxy) is 1. The van der Waals surface area contributed by atoms with E-state index in [1.165, 1.54) is 4.90 Å². The van der Waals surface area contributed by atoms with Crippen molar-refractivity contribution in [2.45, 2.75) is 40.2 Å². The molecule has 1 amide bonds. The molecule has 0 radical (unpaired) electrons. The van der Waals surface area contributed by atoms with Crippen LogP contribution in [0.3, 0.4) is 0 Å². The number of carbonyl (C=O) groups is 1. The molecule has 150 valence electrons. The molecule has 0 saturated heterocycles. The molecule has 1 aromatic carbocycles. The second kappa shape index (κ2) is 6.96. The van der Waals surface area contributed by atoms with Crippen molar-refractivity contribution in [3.63, 3.8) is 0 Å². The van der Waals surface area contributed by atoms with Gasteiger partial charge in [-0.2, -0.15) is 9.61 Å². The highest BCUT2D eigenvalue weighted by Crippen LogP contribution is 2.35. The number of carbonyl (C=O) groups excluding carboxylic acids is 1. The SMILES string of the molecule is Cc1nc2ccc(N(C(=O)OC(C)(C)C)c3c(C)c(Cl)nc4ccnn34)cc2s1. The van der Waals surface area contributed by atoms with Crippen LogP contribution in [0.2, 0.25) is 5.15 Å². The molecule has 0 atom stereocenters. The van der Waals surface area contributed by atoms with Crippen LogP contribution in [0, 0.1) is 13.8 Å². The molecule has 3 aromatic heterocycles. The van der Waals surface area contributed by atoms with Crippen LogP contribution in [0.5, 0.6) is 0 Å². The topological polar surface area (TPSA) is 72.6 Å². The lowest BCUT2D eigenvalue weighted by molar-refractivity contribution is 0.0597. The average Bonchev–Trinajstić information content (AvgIpc) is 3.21. The minimum Gasteiger partial charge on any atom is -0.443 e. The summed E-state index contributed by atoms with van der Waals surface area (Å²) in [5.41, 5.74) is 2.01. The van der Waals surface area contributed by atoms with E-state index in [2.05, 4.69) is 15.1 Å². The van der Waals surface area contributed by atoms with Crippen molar-refractivity contribution in [1.82, 2.24) is 19.6 Å². The van der Waals surface area contributed by atoms with Crippen molar-refractivity contribution in [3.05, 3.63) is 46.2 Å². The fourth-order valence-electron chi connectivity index (χ4n) is 3.03. The first-order chi connectivity index (χ1) is 13.6. The molecule has 0 aliphatic heterocycles. The van der Waals surface area contributed by atoms with E-state index in [0.717, 1.165) is 15.2 Å². The predicted molar refractivity (Wildman–Crippen MR) is 115 cm³/mol. The van der Waals surface area contributed by atoms with E-state index in [4.69, 9.17) is 16.3 Å². The molecule has 0 fully saturated rings. The first-order valence-electron chi connectivity index (χ1n) is 9.04. The molecule has 0 saturated carbocycles. The number of nitrogens with zero attached hydrogens (tertiary/aromatic N) is 5. The van der Waals surface area contributed by atoms with Gasteiger partial charge in [0.2, 0.25) is 0 Å². The van der Waals surface area contributed by atoms with Crippen molar-refractivity contribution < 1.29 is 9.53 Å². The number of halogens is 1. The molecule has 0 aliphatic rings. The van der Waals surface area contributed by atoms with E-state index in [1.54, 1.807) is 35.0 Å². The largest absolute Gasteiger partial charge is 0.443 e. The number of fused-ring (bicyclic) bond motifs is 2. The van der Waals surface area contributed by atoms with E-state index in [9.17, 15) is 4.79 Å². The summed E-state index contributed by atoms with van der Waals surface area (Å²) < 4.78 is 8.28. The summed E-state index contributed by atoms with van der Waals surface area (Å²) in [6, 6.07) is 7.39. The van der Waals surface area contributed by atoms with E-state index in [0.29, 0.717) is 27.9 Å². The van der Waals surface area contributed by atoms with Crippen LogP contribution < -0.4 is 4.90 Å². The van der Waals surface area contributed by atoms with E-state index < -0.39 is 11.7 Å². The van der Waals surface area contributed by atoms with E-state index in [-0.39, 0.29) is 0 Å². The zero-order valence-corrected chi connectivity index (χ0v) is 18.3. The number of aryl methyl sites for hydroxylation is 1. The van der Waals surface area contributed by atoms with Crippen LogP contribution in [0.1, 0.15) is 31.3 Å². The Hall–Kier alpha value is -2.71. The number of amides is 1. The van der Waals surface area contributed by atoms with Gasteiger partial charge in [-0.15, -0.1) is 11.3 Å². The molecule has 3 heterocycles. The Morgan fingerprint density at radius 1 is 1.21 bits per heavy atom. The summed E-state index contributed by atoms with van der Waals surface area (Å²) in [6.07, 6.45) is 1.09. The van der Waals surface area contributed by atoms with E-state index in [1.807, 2.05) is 45.9 Å². The normalized spacial score (nSPS) is 11.9. The maximum atomic E-state index is 13.3. The molecule has 0 unspecified atom stereocenters. The Labute approximate surface area is 176 Å². The third-order valence-electron chi connectivity index (χ3n) is 4.21. The number of benzene rings is 1. The molecule has 0 aliphatic carbocycles. The van der Waals surface area contributed by atoms with Gasteiger partial charge in [0.05, 0.1) is 27.1 Å². The molecular formula is C20H20ClN5O2S. The molecule has 0 bridgehead atoms. The highest BCUT2D eigenvalue weighted by molar-refractivity contribution is 7.18. The van der Waals surface area contributed by atoms with Gasteiger partial charge in [0.15, 0.2) is 11.5 Å². The molecule has 9 heteroatoms. The van der Waals surface area contributed by atoms with Gasteiger partial charge in [-0.05, 0) is 52.8 Å². The standard InChI is InChI=1S/C20H20ClN5O2S/c1-11-17(21)24-16-8-9-22-26(16)18(11)25(19(27)28-20(3,4)5)13-6-7-14-15(10-13)29-12(2)23-14/h6-10H,1-5H3. The van der Waals surface area contributed by atoms with Crippen molar-refractivity contribution in [2.75, 3.05) is 4.90 Å². The van der Waals surface area contributed by atoms with Gasteiger partial charge in [0.1, 0.15) is 10.8 Å². The predicted octanol–water partition coefficient (Wildman–Crippen LogP) is 5.68. The first-order valence-corrected chi connectivity index (χ1v) is 10.2. The first kappa shape index (κ1) is 19.6. The Morgan fingerprint density at radius 2 is 1.97 bits per heavy atom. The Morgan fingerprint density at radius 3 is 2.69 bits per heavy atom. The van der Waals surface area contributed by atoms with Crippen LogP contribution in [0.25, 0.3) is 15.9 Å². The lowest BCUT2D eigenvalue weighted by atomic mass is 10.2. The second-order valence-corrected chi connectivity index (χ2v) is 9.25. The third kappa shape index (κ3) is 3.65. The quantitative estimate of drug-likeness (QED) is 0.383. The van der Waals surface area contributed by atoms with Crippen molar-refractivity contribution in [2.24, 2.45) is 0 Å². The maximum Gasteiger partial charge on any atom is 0.420 e. The molecular weight excluding hydrogens is 410 g/mol. The molecule has 4 rings (SSSR count). The lowest BCUT2D eigenvalue weighted by Crippen LogP contribution is -2.35. The number of hydrogen-bond acceptors (Lipinski definition) is 6. The van der Waals surface area contributed by atoms with Crippen LogP contribution in [0.4, 0.5) is 16.3 Å². The molecule has 7 nitrogen and oxygen atoms in total. The summed E-state index contributed by atoms with van der Waals surface area (Å²) in [4.78, 5) is 23.6. The minimum absolute atomic E-state index is 0.302. The average molecular weight is 430 g/mol. The number of hydrogen-bond donors (Lipinski definition) is 0. The Balaban J connectivity index is 1.97. The Kier molecular flexibility index (Phi) is 4.71. The smallest absolute Gasteiger partial charge is 0.420 e. The van der Waals surface area contributed by atoms with Gasteiger partial charge in [-0.25, -0.2) is 19.7 Å². The minimum atomic E-state index is -0.672. The van der Waals surface area contributed by atoms with Gasteiger partial charge in [0, 0.05) is 11.6 Å². The summed E-state index contributed by atoms with van der Waals surface area (Å²) >= 11 is 7.94. The fourth-order valence-corrected chi connectivity index (χ4v) is 4.06. The summed E-state index contributed by atoms with van der Waals surface area (Å²) in [5, 5.41) is 5.61. The second-order valence-electron chi connectivity index (χ2n) is 7.65. The summed E-state index contributed by atoms with van der Waals surface area (Å²) in [6.45, 7) is 9.24. The van der Waals surface area contributed by atoms with Crippen molar-refractivity contribution >= 4 is 56.4 Å². The van der Waals surface area contributed by atoms with Gasteiger partial charge in [0.25, 0.3) is 0 Å². The molecule has 0 N–H and O–H groups in total. The highest BCUT2D eigenvalue weighted by atomic mass is 35.5. The lowest BCUT2D eigenvalue weighted by Gasteiger charge is -2.28. The fraction of sp³-hybridized carbons (Fsp3) is 0.300. The number of aromatic nitrogens is 4. The van der Waals surface area contributed by atoms with Crippen LogP contribution in [-0.4, -0.2) is 31.3 Å². The number of anilines is 2. The summed E-state index contributed by atoms with van der Waals surface area (Å²) in [5.74, 6) is 0.486. The molecule has 29 heavy (non-hydrogen) atoms. The van der Waals surface area contributed by atoms with E-state index >= 15 is 0 Å². The van der Waals surface area contributed by atoms with Crippen LogP contribution in [-0.2, 0) is 4.74 Å². The van der Waals surface area contributed by atoms with Gasteiger partial charge in [-0.3, -0.25) is 0 Å². The van der Waals surface area contributed by atoms with Gasteiger partial charge >= 0.3 is 6.09 Å². The number of thiazole rings is 1. The van der Waals surface area contributed by atoms with Gasteiger partial charge < -0.3 is 4.74 Å². The summed E-state index contributed by atoms with van der Waals surface area (Å²) in [7, 11) is 0.